The zero-order chi connectivity index (χ0) is 17.6. The number of aromatic hydroxyl groups is 1. The second-order valence-electron chi connectivity index (χ2n) is 7.34. The van der Waals surface area contributed by atoms with Crippen molar-refractivity contribution in [3.8, 4) is 5.75 Å². The number of hydrogen-bond acceptors (Lipinski definition) is 2. The van der Waals surface area contributed by atoms with E-state index in [2.05, 4.69) is 36.5 Å². The van der Waals surface area contributed by atoms with Crippen molar-refractivity contribution in [1.82, 2.24) is 5.32 Å². The zero-order valence-electron chi connectivity index (χ0n) is 14.2. The minimum atomic E-state index is 0.0958. The maximum Gasteiger partial charge on any atom is 0.223 e. The molecule has 1 aliphatic carbocycles. The molecule has 0 radical (unpaired) electrons. The molecule has 4 rings (SSSR count). The fraction of sp³-hybridized carbons (Fsp3) is 0.381. The molecule has 1 heterocycles. The van der Waals surface area contributed by atoms with E-state index >= 15 is 0 Å². The van der Waals surface area contributed by atoms with E-state index in [4.69, 9.17) is 11.6 Å². The molecule has 25 heavy (non-hydrogen) atoms. The maximum absolute atomic E-state index is 12.2. The van der Waals surface area contributed by atoms with Gasteiger partial charge in [0.1, 0.15) is 5.75 Å². The summed E-state index contributed by atoms with van der Waals surface area (Å²) in [4.78, 5) is 12.2. The summed E-state index contributed by atoms with van der Waals surface area (Å²) < 4.78 is 0. The van der Waals surface area contributed by atoms with Crippen molar-refractivity contribution in [3.63, 3.8) is 0 Å². The molecule has 1 aliphatic heterocycles. The molecule has 130 valence electrons. The fourth-order valence-corrected chi connectivity index (χ4v) is 4.99. The second-order valence-corrected chi connectivity index (χ2v) is 7.75. The van der Waals surface area contributed by atoms with E-state index in [1.165, 1.54) is 11.1 Å². The van der Waals surface area contributed by atoms with Crippen molar-refractivity contribution in [1.29, 1.82) is 0 Å². The minimum Gasteiger partial charge on any atom is -0.508 e. The average molecular weight is 356 g/mol. The highest BCUT2D eigenvalue weighted by atomic mass is 35.5. The molecule has 2 aromatic carbocycles. The van der Waals surface area contributed by atoms with Gasteiger partial charge in [-0.25, -0.2) is 0 Å². The number of phenols is 1. The molecule has 0 unspecified atom stereocenters. The van der Waals surface area contributed by atoms with Crippen LogP contribution in [0.25, 0.3) is 0 Å². The Morgan fingerprint density at radius 1 is 1.08 bits per heavy atom. The van der Waals surface area contributed by atoms with Crippen molar-refractivity contribution in [2.75, 3.05) is 6.54 Å². The Kier molecular flexibility index (Phi) is 4.20. The van der Waals surface area contributed by atoms with Gasteiger partial charge in [0.2, 0.25) is 5.91 Å². The number of amides is 1. The molecule has 2 fully saturated rings. The van der Waals surface area contributed by atoms with Gasteiger partial charge in [0.15, 0.2) is 0 Å². The van der Waals surface area contributed by atoms with Crippen LogP contribution >= 0.6 is 11.6 Å². The maximum atomic E-state index is 12.2. The predicted molar refractivity (Wildman–Crippen MR) is 99.0 cm³/mol. The Hall–Kier alpha value is -2.00. The Bertz CT molecular complexity index is 802. The number of benzene rings is 2. The summed E-state index contributed by atoms with van der Waals surface area (Å²) in [6.45, 7) is 2.82. The molecule has 0 aromatic heterocycles. The van der Waals surface area contributed by atoms with Crippen LogP contribution in [0.5, 0.6) is 5.75 Å². The summed E-state index contributed by atoms with van der Waals surface area (Å²) in [7, 11) is 0. The molecule has 2 aliphatic rings. The van der Waals surface area contributed by atoms with Gasteiger partial charge in [0.05, 0.1) is 0 Å². The lowest BCUT2D eigenvalue weighted by Gasteiger charge is -2.40. The van der Waals surface area contributed by atoms with E-state index in [-0.39, 0.29) is 29.4 Å². The first-order valence-corrected chi connectivity index (χ1v) is 9.25. The first-order valence-electron chi connectivity index (χ1n) is 8.87. The largest absolute Gasteiger partial charge is 0.508 e. The highest BCUT2D eigenvalue weighted by Gasteiger charge is 2.47. The molecule has 1 saturated heterocycles. The van der Waals surface area contributed by atoms with Crippen molar-refractivity contribution in [2.45, 2.75) is 31.6 Å². The standard InChI is InChI=1S/C21H22ClNO2/c1-12-2-4-13(5-3-12)20-16(15-7-6-14(24)10-19(15)22)8-9-17-18(20)11-23-21(17)25/h2-7,10,16-18,20,24H,8-9,11H2,1H3,(H,23,25)/t16-,17+,18+,20-/m0/s1. The Morgan fingerprint density at radius 2 is 1.80 bits per heavy atom. The van der Waals surface area contributed by atoms with Crippen LogP contribution in [-0.2, 0) is 4.79 Å². The van der Waals surface area contributed by atoms with Crippen molar-refractivity contribution in [2.24, 2.45) is 11.8 Å². The van der Waals surface area contributed by atoms with Gasteiger partial charge in [-0.1, -0.05) is 47.5 Å². The Morgan fingerprint density at radius 3 is 2.52 bits per heavy atom. The van der Waals surface area contributed by atoms with Gasteiger partial charge in [-0.2, -0.15) is 0 Å². The summed E-state index contributed by atoms with van der Waals surface area (Å²) in [6.07, 6.45) is 1.82. The van der Waals surface area contributed by atoms with Crippen molar-refractivity contribution in [3.05, 3.63) is 64.2 Å². The number of phenolic OH excluding ortho intramolecular Hbond substituents is 1. The van der Waals surface area contributed by atoms with E-state index in [9.17, 15) is 9.90 Å². The van der Waals surface area contributed by atoms with Gasteiger partial charge >= 0.3 is 0 Å². The van der Waals surface area contributed by atoms with E-state index in [1.54, 1.807) is 12.1 Å². The summed E-state index contributed by atoms with van der Waals surface area (Å²) in [5, 5.41) is 13.4. The topological polar surface area (TPSA) is 49.3 Å². The number of aryl methyl sites for hydroxylation is 1. The lowest BCUT2D eigenvalue weighted by atomic mass is 9.63. The number of halogens is 1. The molecule has 4 atom stereocenters. The number of nitrogens with one attached hydrogen (secondary N) is 1. The molecule has 0 spiro atoms. The summed E-state index contributed by atoms with van der Waals surface area (Å²) >= 11 is 6.47. The van der Waals surface area contributed by atoms with Gasteiger partial charge < -0.3 is 10.4 Å². The number of rotatable bonds is 2. The van der Waals surface area contributed by atoms with Crippen LogP contribution < -0.4 is 5.32 Å². The summed E-state index contributed by atoms with van der Waals surface area (Å²) in [5.74, 6) is 1.27. The number of carbonyl (C=O) groups excluding carboxylic acids is 1. The number of fused-ring (bicyclic) bond motifs is 1. The summed E-state index contributed by atoms with van der Waals surface area (Å²) in [5.41, 5.74) is 3.57. The van der Waals surface area contributed by atoms with Gasteiger partial charge in [-0.3, -0.25) is 4.79 Å². The quantitative estimate of drug-likeness (QED) is 0.840. The van der Waals surface area contributed by atoms with Crippen LogP contribution in [0.1, 0.15) is 41.4 Å². The third kappa shape index (κ3) is 2.91. The normalized spacial score (nSPS) is 28.5. The highest BCUT2D eigenvalue weighted by Crippen LogP contribution is 2.52. The predicted octanol–water partition coefficient (Wildman–Crippen LogP) is 4.38. The fourth-order valence-electron chi connectivity index (χ4n) is 4.68. The monoisotopic (exact) mass is 355 g/mol. The van der Waals surface area contributed by atoms with Gasteiger partial charge in [0, 0.05) is 17.5 Å². The van der Waals surface area contributed by atoms with Crippen LogP contribution in [0.2, 0.25) is 5.02 Å². The Labute approximate surface area is 153 Å². The molecule has 2 aromatic rings. The Balaban J connectivity index is 1.78. The molecule has 2 N–H and O–H groups in total. The molecule has 1 saturated carbocycles. The molecular formula is C21H22ClNO2. The SMILES string of the molecule is Cc1ccc([C@@H]2[C@@H]3CNC(=O)[C@@H]3CC[C@H]2c2ccc(O)cc2Cl)cc1. The van der Waals surface area contributed by atoms with Gasteiger partial charge in [0.25, 0.3) is 0 Å². The third-order valence-corrected chi connectivity index (χ3v) is 6.22. The van der Waals surface area contributed by atoms with Crippen molar-refractivity contribution < 1.29 is 9.90 Å². The zero-order valence-corrected chi connectivity index (χ0v) is 15.0. The number of hydrogen-bond donors (Lipinski definition) is 2. The van der Waals surface area contributed by atoms with E-state index in [1.807, 2.05) is 6.07 Å². The van der Waals surface area contributed by atoms with Gasteiger partial charge in [-0.15, -0.1) is 0 Å². The second kappa shape index (κ2) is 6.38. The average Bonchev–Trinajstić information content (AvgIpc) is 2.97. The first kappa shape index (κ1) is 16.5. The van der Waals surface area contributed by atoms with Crippen LogP contribution in [0.3, 0.4) is 0 Å². The summed E-state index contributed by atoms with van der Waals surface area (Å²) in [6, 6.07) is 13.9. The van der Waals surface area contributed by atoms with E-state index < -0.39 is 0 Å². The van der Waals surface area contributed by atoms with Crippen LogP contribution in [0.4, 0.5) is 0 Å². The number of carbonyl (C=O) groups is 1. The molecule has 3 nitrogen and oxygen atoms in total. The van der Waals surface area contributed by atoms with Crippen LogP contribution in [0, 0.1) is 18.8 Å². The minimum absolute atomic E-state index is 0.0958. The molecular weight excluding hydrogens is 334 g/mol. The smallest absolute Gasteiger partial charge is 0.223 e. The van der Waals surface area contributed by atoms with Crippen LogP contribution in [-0.4, -0.2) is 17.6 Å². The van der Waals surface area contributed by atoms with Crippen LogP contribution in [0.15, 0.2) is 42.5 Å². The lowest BCUT2D eigenvalue weighted by Crippen LogP contribution is -2.32. The lowest BCUT2D eigenvalue weighted by molar-refractivity contribution is -0.123. The molecule has 4 heteroatoms. The first-order chi connectivity index (χ1) is 12.0. The van der Waals surface area contributed by atoms with Gasteiger partial charge in [-0.05, 0) is 60.8 Å². The highest BCUT2D eigenvalue weighted by molar-refractivity contribution is 6.31. The van der Waals surface area contributed by atoms with Crippen molar-refractivity contribution >= 4 is 17.5 Å². The van der Waals surface area contributed by atoms with E-state index in [0.717, 1.165) is 24.9 Å². The van der Waals surface area contributed by atoms with E-state index in [0.29, 0.717) is 10.9 Å². The third-order valence-electron chi connectivity index (χ3n) is 5.89. The molecule has 0 bridgehead atoms. The molecule has 1 amide bonds.